The van der Waals surface area contributed by atoms with Gasteiger partial charge in [0.05, 0.1) is 26.4 Å². The van der Waals surface area contributed by atoms with Gasteiger partial charge in [0.25, 0.3) is 0 Å². The molecule has 1 aromatic rings. The Balaban J connectivity index is 3.04. The normalized spacial score (nSPS) is 10.4. The lowest BCUT2D eigenvalue weighted by molar-refractivity contribution is 0.269. The van der Waals surface area contributed by atoms with Crippen molar-refractivity contribution in [2.24, 2.45) is 0 Å². The number of hydrogen-bond acceptors (Lipinski definition) is 8. The lowest BCUT2D eigenvalue weighted by atomic mass is 10.2. The van der Waals surface area contributed by atoms with Gasteiger partial charge in [-0.3, -0.25) is 0 Å². The van der Waals surface area contributed by atoms with Crippen LogP contribution in [0.1, 0.15) is 0 Å². The maximum absolute atomic E-state index is 5.67. The molecule has 126 valence electrons. The monoisotopic (exact) mass is 382 g/mol. The molecule has 0 aliphatic carbocycles. The van der Waals surface area contributed by atoms with E-state index in [1.807, 2.05) is 0 Å². The number of hydrogen-bond donors (Lipinski definition) is 4. The Morgan fingerprint density at radius 3 is 0.909 bits per heavy atom. The van der Waals surface area contributed by atoms with Crippen molar-refractivity contribution in [1.82, 2.24) is 0 Å². The highest BCUT2D eigenvalue weighted by atomic mass is 32.1. The zero-order valence-corrected chi connectivity index (χ0v) is 15.8. The Bertz CT molecular complexity index is 357. The van der Waals surface area contributed by atoms with Crippen molar-refractivity contribution in [3.05, 3.63) is 12.1 Å². The molecule has 0 radical (unpaired) electrons. The minimum atomic E-state index is 0.475. The summed E-state index contributed by atoms with van der Waals surface area (Å²) < 4.78 is 22.7. The van der Waals surface area contributed by atoms with Crippen molar-refractivity contribution in [1.29, 1.82) is 0 Å². The minimum absolute atomic E-state index is 0.475. The molecular weight excluding hydrogens is 360 g/mol. The van der Waals surface area contributed by atoms with Gasteiger partial charge in [0.15, 0.2) is 23.0 Å². The van der Waals surface area contributed by atoms with Crippen LogP contribution in [0, 0.1) is 0 Å². The van der Waals surface area contributed by atoms with Crippen molar-refractivity contribution < 1.29 is 18.9 Å². The molecule has 0 bridgehead atoms. The van der Waals surface area contributed by atoms with E-state index in [1.165, 1.54) is 0 Å². The fraction of sp³-hybridized carbons (Fsp3) is 0.571. The molecule has 0 heterocycles. The van der Waals surface area contributed by atoms with Crippen molar-refractivity contribution in [2.45, 2.75) is 0 Å². The fourth-order valence-corrected chi connectivity index (χ4v) is 1.96. The summed E-state index contributed by atoms with van der Waals surface area (Å²) in [6.07, 6.45) is 0. The Labute approximate surface area is 153 Å². The van der Waals surface area contributed by atoms with E-state index in [0.717, 1.165) is 0 Å². The van der Waals surface area contributed by atoms with Crippen LogP contribution in [0.25, 0.3) is 0 Å². The van der Waals surface area contributed by atoms with Gasteiger partial charge in [-0.05, 0) is 0 Å². The number of ether oxygens (including phenoxy) is 4. The SMILES string of the molecule is SCCOc1cc(OCCS)c(OCCS)cc1OCCS. The highest BCUT2D eigenvalue weighted by Gasteiger charge is 2.15. The maximum atomic E-state index is 5.67. The second kappa shape index (κ2) is 12.3. The van der Waals surface area contributed by atoms with Crippen LogP contribution in [0.5, 0.6) is 23.0 Å². The predicted molar refractivity (Wildman–Crippen MR) is 104 cm³/mol. The number of rotatable bonds is 12. The molecule has 0 fully saturated rings. The summed E-state index contributed by atoms with van der Waals surface area (Å²) in [4.78, 5) is 0. The molecule has 0 unspecified atom stereocenters. The topological polar surface area (TPSA) is 36.9 Å². The maximum Gasteiger partial charge on any atom is 0.165 e. The third-order valence-electron chi connectivity index (χ3n) is 2.41. The molecule has 22 heavy (non-hydrogen) atoms. The average Bonchev–Trinajstić information content (AvgIpc) is 2.55. The van der Waals surface area contributed by atoms with E-state index in [0.29, 0.717) is 72.4 Å². The average molecular weight is 383 g/mol. The van der Waals surface area contributed by atoms with Gasteiger partial charge in [0.1, 0.15) is 0 Å². The smallest absolute Gasteiger partial charge is 0.165 e. The summed E-state index contributed by atoms with van der Waals surface area (Å²) in [7, 11) is 0. The standard InChI is InChI=1S/C14H22O4S4/c19-5-1-15-11-9-13(17-3-7-21)14(18-4-8-22)10-12(11)16-2-6-20/h9-10,19-22H,1-8H2. The molecule has 0 aliphatic heterocycles. The Morgan fingerprint density at radius 2 is 0.727 bits per heavy atom. The van der Waals surface area contributed by atoms with Gasteiger partial charge >= 0.3 is 0 Å². The second-order valence-corrected chi connectivity index (χ2v) is 5.82. The van der Waals surface area contributed by atoms with Gasteiger partial charge < -0.3 is 18.9 Å². The molecule has 0 saturated heterocycles. The zero-order chi connectivity index (χ0) is 16.2. The van der Waals surface area contributed by atoms with Crippen molar-refractivity contribution in [2.75, 3.05) is 49.4 Å². The van der Waals surface area contributed by atoms with Crippen molar-refractivity contribution in [3.8, 4) is 23.0 Å². The van der Waals surface area contributed by atoms with Crippen molar-refractivity contribution >= 4 is 50.5 Å². The van der Waals surface area contributed by atoms with E-state index in [4.69, 9.17) is 18.9 Å². The summed E-state index contributed by atoms with van der Waals surface area (Å²) in [6, 6.07) is 3.54. The van der Waals surface area contributed by atoms with Crippen LogP contribution in [0.15, 0.2) is 12.1 Å². The van der Waals surface area contributed by atoms with E-state index >= 15 is 0 Å². The molecule has 1 rings (SSSR count). The van der Waals surface area contributed by atoms with Gasteiger partial charge in [-0.25, -0.2) is 0 Å². The first-order chi connectivity index (χ1) is 10.8. The molecule has 0 amide bonds. The molecular formula is C14H22O4S4. The van der Waals surface area contributed by atoms with Gasteiger partial charge in [-0.15, -0.1) is 0 Å². The summed E-state index contributed by atoms with van der Waals surface area (Å²) in [5, 5.41) is 0. The first kappa shape index (κ1) is 19.9. The first-order valence-electron chi connectivity index (χ1n) is 6.89. The highest BCUT2D eigenvalue weighted by Crippen LogP contribution is 2.40. The number of thiol groups is 4. The van der Waals surface area contributed by atoms with Crippen LogP contribution in [0.3, 0.4) is 0 Å². The molecule has 0 aromatic heterocycles. The lowest BCUT2D eigenvalue weighted by Gasteiger charge is -2.17. The van der Waals surface area contributed by atoms with E-state index in [1.54, 1.807) is 12.1 Å². The van der Waals surface area contributed by atoms with E-state index in [-0.39, 0.29) is 0 Å². The Kier molecular flexibility index (Phi) is 11.1. The molecule has 0 N–H and O–H groups in total. The lowest BCUT2D eigenvalue weighted by Crippen LogP contribution is -2.07. The second-order valence-electron chi connectivity index (χ2n) is 4.03. The molecule has 1 aromatic carbocycles. The Morgan fingerprint density at radius 1 is 0.500 bits per heavy atom. The van der Waals surface area contributed by atoms with Crippen LogP contribution in [0.4, 0.5) is 0 Å². The molecule has 0 atom stereocenters. The van der Waals surface area contributed by atoms with Crippen LogP contribution in [-0.4, -0.2) is 49.4 Å². The third-order valence-corrected chi connectivity index (χ3v) is 3.14. The summed E-state index contributed by atoms with van der Waals surface area (Å²) >= 11 is 16.6. The molecule has 0 spiro atoms. The largest absolute Gasteiger partial charge is 0.489 e. The first-order valence-corrected chi connectivity index (χ1v) is 9.42. The highest BCUT2D eigenvalue weighted by molar-refractivity contribution is 7.80. The van der Waals surface area contributed by atoms with Crippen LogP contribution >= 0.6 is 50.5 Å². The zero-order valence-electron chi connectivity index (χ0n) is 12.2. The quantitative estimate of drug-likeness (QED) is 0.419. The van der Waals surface area contributed by atoms with Crippen LogP contribution < -0.4 is 18.9 Å². The van der Waals surface area contributed by atoms with Gasteiger partial charge in [-0.2, -0.15) is 50.5 Å². The summed E-state index contributed by atoms with van der Waals surface area (Å²) in [5.74, 6) is 4.83. The van der Waals surface area contributed by atoms with Crippen LogP contribution in [0.2, 0.25) is 0 Å². The molecule has 8 heteroatoms. The number of benzene rings is 1. The third kappa shape index (κ3) is 6.93. The molecule has 0 saturated carbocycles. The van der Waals surface area contributed by atoms with E-state index in [2.05, 4.69) is 50.5 Å². The molecule has 4 nitrogen and oxygen atoms in total. The van der Waals surface area contributed by atoms with Gasteiger partial charge in [-0.1, -0.05) is 0 Å². The fourth-order valence-electron chi connectivity index (χ4n) is 1.60. The summed E-state index contributed by atoms with van der Waals surface area (Å²) in [5.41, 5.74) is 0. The van der Waals surface area contributed by atoms with E-state index < -0.39 is 0 Å². The minimum Gasteiger partial charge on any atom is -0.489 e. The summed E-state index contributed by atoms with van der Waals surface area (Å²) in [6.45, 7) is 1.90. The van der Waals surface area contributed by atoms with E-state index in [9.17, 15) is 0 Å². The Hall–Kier alpha value is -0.180. The van der Waals surface area contributed by atoms with Gasteiger partial charge in [0.2, 0.25) is 0 Å². The van der Waals surface area contributed by atoms with Crippen LogP contribution in [-0.2, 0) is 0 Å². The molecule has 0 aliphatic rings. The van der Waals surface area contributed by atoms with Gasteiger partial charge in [0, 0.05) is 35.1 Å². The van der Waals surface area contributed by atoms with Crippen molar-refractivity contribution in [3.63, 3.8) is 0 Å². The predicted octanol–water partition coefficient (Wildman–Crippen LogP) is 2.92.